The Morgan fingerprint density at radius 3 is 1.50 bits per heavy atom. The predicted octanol–water partition coefficient (Wildman–Crippen LogP) is 1.30. The van der Waals surface area contributed by atoms with E-state index in [1.165, 1.54) is 10.6 Å². The van der Waals surface area contributed by atoms with Crippen LogP contribution in [0.3, 0.4) is 0 Å². The van der Waals surface area contributed by atoms with Crippen LogP contribution < -0.4 is 0 Å². The van der Waals surface area contributed by atoms with Crippen LogP contribution in [0.25, 0.3) is 0 Å². The summed E-state index contributed by atoms with van der Waals surface area (Å²) in [5, 5.41) is 2.50. The Hall–Kier alpha value is 1.12. The van der Waals surface area contributed by atoms with Crippen LogP contribution in [0, 0.1) is 0 Å². The number of hydrogen-bond donors (Lipinski definition) is 0. The van der Waals surface area contributed by atoms with Gasteiger partial charge in [-0.3, -0.25) is 0 Å². The molecule has 0 rings (SSSR count). The van der Waals surface area contributed by atoms with E-state index < -0.39 is 0 Å². The Morgan fingerprint density at radius 1 is 1.17 bits per heavy atom. The standard InChI is InChI=1S/2C2H5.Cu.Li.H/c2*1-2;;;/h2*1H2,2H3;;;. The molecule has 0 radical (unpaired) electrons. The molecular formula is C4H11CuLi. The van der Waals surface area contributed by atoms with Crippen LogP contribution in [0.4, 0.5) is 0 Å². The molecule has 0 nitrogen and oxygen atoms in total. The van der Waals surface area contributed by atoms with E-state index in [0.29, 0.717) is 0 Å². The van der Waals surface area contributed by atoms with Crippen molar-refractivity contribution in [3.63, 3.8) is 0 Å². The second-order valence-electron chi connectivity index (χ2n) is 0.577. The first kappa shape index (κ1) is 10.2. The van der Waals surface area contributed by atoms with Gasteiger partial charge < -0.3 is 0 Å². The molecule has 0 N–H and O–H groups in total. The van der Waals surface area contributed by atoms with Gasteiger partial charge in [-0.05, 0) is 0 Å². The molecule has 0 aliphatic carbocycles. The van der Waals surface area contributed by atoms with E-state index in [2.05, 4.69) is 13.8 Å². The minimum absolute atomic E-state index is 0. The molecule has 0 atom stereocenters. The summed E-state index contributed by atoms with van der Waals surface area (Å²) in [6.07, 6.45) is 0. The average Bonchev–Trinajstić information content (AvgIpc) is 1.41. The number of rotatable bonds is 2. The Balaban J connectivity index is 0. The van der Waals surface area contributed by atoms with Gasteiger partial charge in [0, 0.05) is 0 Å². The maximum atomic E-state index is 2.17. The van der Waals surface area contributed by atoms with E-state index in [4.69, 9.17) is 0 Å². The Bertz CT molecular complexity index is 15.0. The zero-order valence-electron chi connectivity index (χ0n) is 3.72. The van der Waals surface area contributed by atoms with Crippen LogP contribution in [-0.2, 0) is 15.0 Å². The van der Waals surface area contributed by atoms with Crippen molar-refractivity contribution in [1.82, 2.24) is 0 Å². The van der Waals surface area contributed by atoms with Crippen molar-refractivity contribution in [3.05, 3.63) is 0 Å². The summed E-state index contributed by atoms with van der Waals surface area (Å²) in [7, 11) is 0. The zero-order chi connectivity index (χ0) is 4.12. The van der Waals surface area contributed by atoms with Gasteiger partial charge in [0.2, 0.25) is 0 Å². The van der Waals surface area contributed by atoms with Crippen molar-refractivity contribution < 1.29 is 15.0 Å². The Kier molecular flexibility index (Phi) is 16.0. The molecule has 0 aliphatic rings. The molecule has 0 aromatic carbocycles. The fourth-order valence-electron chi connectivity index (χ4n) is 0.151. The molecule has 0 bridgehead atoms. The summed E-state index contributed by atoms with van der Waals surface area (Å²) >= 11 is 2.03. The van der Waals surface area contributed by atoms with E-state index in [1.807, 2.05) is 15.0 Å². The zero-order valence-corrected chi connectivity index (χ0v) is 4.66. The van der Waals surface area contributed by atoms with Gasteiger partial charge in [-0.1, -0.05) is 0 Å². The van der Waals surface area contributed by atoms with Gasteiger partial charge in [-0.25, -0.2) is 0 Å². The van der Waals surface area contributed by atoms with Crippen molar-refractivity contribution in [2.45, 2.75) is 24.5 Å². The summed E-state index contributed by atoms with van der Waals surface area (Å²) in [6, 6.07) is 0. The van der Waals surface area contributed by atoms with Gasteiger partial charge in [-0.15, -0.1) is 0 Å². The molecule has 0 spiro atoms. The molecule has 0 aromatic rings. The van der Waals surface area contributed by atoms with Crippen molar-refractivity contribution in [2.75, 3.05) is 0 Å². The second-order valence-corrected chi connectivity index (χ2v) is 2.38. The molecular weight excluding hydrogens is 119 g/mol. The third-order valence-corrected chi connectivity index (χ3v) is 1.24. The van der Waals surface area contributed by atoms with Gasteiger partial charge >= 0.3 is 58.3 Å². The summed E-state index contributed by atoms with van der Waals surface area (Å²) in [5.74, 6) is 0. The first-order valence-corrected chi connectivity index (χ1v) is 3.17. The molecule has 0 unspecified atom stereocenters. The summed E-state index contributed by atoms with van der Waals surface area (Å²) in [5.41, 5.74) is 0. The van der Waals surface area contributed by atoms with Gasteiger partial charge in [0.25, 0.3) is 0 Å². The molecule has 6 heavy (non-hydrogen) atoms. The van der Waals surface area contributed by atoms with Crippen molar-refractivity contribution in [1.29, 1.82) is 0 Å². The molecule has 0 saturated heterocycles. The Labute approximate surface area is 58.4 Å². The van der Waals surface area contributed by atoms with E-state index in [0.717, 1.165) is 0 Å². The molecule has 0 aliphatic heterocycles. The second kappa shape index (κ2) is 9.45. The first-order chi connectivity index (χ1) is 2.41. The van der Waals surface area contributed by atoms with Gasteiger partial charge in [0.15, 0.2) is 0 Å². The molecule has 0 fully saturated rings. The van der Waals surface area contributed by atoms with E-state index in [-0.39, 0.29) is 18.9 Å². The van der Waals surface area contributed by atoms with Gasteiger partial charge in [0.1, 0.15) is 0 Å². The third kappa shape index (κ3) is 8.93. The van der Waals surface area contributed by atoms with E-state index in [1.54, 1.807) is 0 Å². The topological polar surface area (TPSA) is 0 Å². The molecule has 0 heterocycles. The minimum atomic E-state index is 0. The summed E-state index contributed by atoms with van der Waals surface area (Å²) in [6.45, 7) is 4.34. The molecule has 0 saturated carbocycles. The maximum absolute atomic E-state index is 2.17. The van der Waals surface area contributed by atoms with Gasteiger partial charge in [0.05, 0.1) is 0 Å². The molecule has 39 valence electrons. The van der Waals surface area contributed by atoms with Crippen LogP contribution in [0.5, 0.6) is 0 Å². The molecule has 0 amide bonds. The summed E-state index contributed by atoms with van der Waals surface area (Å²) < 4.78 is 0. The normalized spacial score (nSPS) is 7.67. The fraction of sp³-hybridized carbons (Fsp3) is 1.00. The Morgan fingerprint density at radius 2 is 1.50 bits per heavy atom. The SMILES string of the molecule is C[CH2][Cu][CH2]C.[LiH]. The molecule has 2 heteroatoms. The van der Waals surface area contributed by atoms with Gasteiger partial charge in [-0.2, -0.15) is 0 Å². The fourth-order valence-corrected chi connectivity index (χ4v) is 0.622. The molecule has 0 aromatic heterocycles. The monoisotopic (exact) mass is 129 g/mol. The first-order valence-electron chi connectivity index (χ1n) is 1.84. The third-order valence-electron chi connectivity index (χ3n) is 0.302. The predicted molar refractivity (Wildman–Crippen MR) is 28.1 cm³/mol. The van der Waals surface area contributed by atoms with Crippen LogP contribution in [0.15, 0.2) is 0 Å². The van der Waals surface area contributed by atoms with Crippen molar-refractivity contribution >= 4 is 18.9 Å². The van der Waals surface area contributed by atoms with Crippen molar-refractivity contribution in [3.8, 4) is 0 Å². The van der Waals surface area contributed by atoms with Crippen LogP contribution >= 0.6 is 0 Å². The average molecular weight is 130 g/mol. The van der Waals surface area contributed by atoms with Crippen LogP contribution in [-0.4, -0.2) is 18.9 Å². The summed E-state index contributed by atoms with van der Waals surface area (Å²) in [4.78, 5) is 0. The van der Waals surface area contributed by atoms with Crippen LogP contribution in [0.1, 0.15) is 13.8 Å². The van der Waals surface area contributed by atoms with Crippen molar-refractivity contribution in [2.24, 2.45) is 0 Å². The van der Waals surface area contributed by atoms with Crippen LogP contribution in [0.2, 0.25) is 10.6 Å². The quantitative estimate of drug-likeness (QED) is 0.493. The van der Waals surface area contributed by atoms with E-state index >= 15 is 0 Å². The number of hydrogen-bond acceptors (Lipinski definition) is 0. The van der Waals surface area contributed by atoms with E-state index in [9.17, 15) is 0 Å².